The normalized spacial score (nSPS) is 13.1. The summed E-state index contributed by atoms with van der Waals surface area (Å²) in [5.41, 5.74) is 0. The summed E-state index contributed by atoms with van der Waals surface area (Å²) in [7, 11) is 0.576. The molecule has 1 atom stereocenters. The minimum absolute atomic E-state index is 0. The zero-order valence-corrected chi connectivity index (χ0v) is 12.1. The summed E-state index contributed by atoms with van der Waals surface area (Å²) >= 11 is 1.84. The van der Waals surface area contributed by atoms with E-state index >= 15 is 0 Å². The van der Waals surface area contributed by atoms with Gasteiger partial charge in [-0.1, -0.05) is 49.6 Å². The van der Waals surface area contributed by atoms with E-state index in [1.54, 1.807) is 7.11 Å². The van der Waals surface area contributed by atoms with Gasteiger partial charge in [-0.2, -0.15) is 0 Å². The van der Waals surface area contributed by atoms with Crippen molar-refractivity contribution >= 4 is 38.7 Å². The van der Waals surface area contributed by atoms with Crippen LogP contribution in [0.15, 0.2) is 35.2 Å². The van der Waals surface area contributed by atoms with E-state index in [-0.39, 0.29) is 18.9 Å². The van der Waals surface area contributed by atoms with Crippen molar-refractivity contribution in [1.29, 1.82) is 0 Å². The number of methoxy groups -OCH3 is 1. The Morgan fingerprint density at radius 1 is 1.13 bits per heavy atom. The van der Waals surface area contributed by atoms with E-state index in [0.29, 0.717) is 5.06 Å². The molecule has 1 nitrogen and oxygen atoms in total. The molecule has 0 heterocycles. The quantitative estimate of drug-likeness (QED) is 0.448. The predicted octanol–water partition coefficient (Wildman–Crippen LogP) is 3.25. The van der Waals surface area contributed by atoms with Crippen LogP contribution in [0.3, 0.4) is 0 Å². The topological polar surface area (TPSA) is 9.23 Å². The first-order chi connectivity index (χ1) is 6.54. The van der Waals surface area contributed by atoms with Gasteiger partial charge in [0.25, 0.3) is 0 Å². The molecule has 1 rings (SSSR count). The van der Waals surface area contributed by atoms with Gasteiger partial charge in [0.1, 0.15) is 0 Å². The summed E-state index contributed by atoms with van der Waals surface area (Å²) in [5.74, 6) is 0. The maximum Gasteiger partial charge on any atom is 0.0949 e. The van der Waals surface area contributed by atoms with E-state index in [1.807, 2.05) is 17.8 Å². The molecule has 1 aromatic carbocycles. The zero-order chi connectivity index (χ0) is 10.6. The third kappa shape index (κ3) is 5.28. The second kappa shape index (κ2) is 6.83. The summed E-state index contributed by atoms with van der Waals surface area (Å²) in [6.45, 7) is 6.99. The number of hydrogen-bond donors (Lipinski definition) is 0. The maximum atomic E-state index is 5.54. The molecular formula is C11H18LiOSSi. The second-order valence-corrected chi connectivity index (χ2v) is 11.2. The Balaban J connectivity index is 0.00000196. The molecule has 1 radical (unpaired) electrons. The third-order valence-corrected chi connectivity index (χ3v) is 6.98. The van der Waals surface area contributed by atoms with Crippen LogP contribution in [-0.2, 0) is 4.74 Å². The van der Waals surface area contributed by atoms with E-state index in [9.17, 15) is 0 Å². The van der Waals surface area contributed by atoms with E-state index < -0.39 is 8.07 Å². The SMILES string of the molecule is COC(Sc1ccccc1)[Si](C)(C)C.[Li]. The van der Waals surface area contributed by atoms with Crippen LogP contribution < -0.4 is 0 Å². The van der Waals surface area contributed by atoms with Gasteiger partial charge in [0.05, 0.1) is 13.1 Å². The molecule has 1 unspecified atom stereocenters. The van der Waals surface area contributed by atoms with Crippen LogP contribution in [0.5, 0.6) is 0 Å². The molecule has 79 valence electrons. The van der Waals surface area contributed by atoms with Crippen LogP contribution >= 0.6 is 11.8 Å². The van der Waals surface area contributed by atoms with Crippen LogP contribution in [0.25, 0.3) is 0 Å². The van der Waals surface area contributed by atoms with Gasteiger partial charge in [0, 0.05) is 30.9 Å². The van der Waals surface area contributed by atoms with Crippen LogP contribution in [0.4, 0.5) is 0 Å². The molecule has 15 heavy (non-hydrogen) atoms. The van der Waals surface area contributed by atoms with Crippen LogP contribution in [-0.4, -0.2) is 39.1 Å². The van der Waals surface area contributed by atoms with Crippen molar-refractivity contribution in [1.82, 2.24) is 0 Å². The predicted molar refractivity (Wildman–Crippen MR) is 72.2 cm³/mol. The molecule has 0 aliphatic carbocycles. The fourth-order valence-electron chi connectivity index (χ4n) is 1.20. The molecule has 0 amide bonds. The van der Waals surface area contributed by atoms with Crippen molar-refractivity contribution in [3.63, 3.8) is 0 Å². The van der Waals surface area contributed by atoms with Gasteiger partial charge in [0.15, 0.2) is 0 Å². The molecule has 0 fully saturated rings. The Labute approximate surface area is 110 Å². The monoisotopic (exact) mass is 233 g/mol. The number of ether oxygens (including phenoxy) is 1. The smallest absolute Gasteiger partial charge is 0.0949 e. The van der Waals surface area contributed by atoms with Crippen molar-refractivity contribution < 1.29 is 4.74 Å². The summed E-state index contributed by atoms with van der Waals surface area (Å²) in [6.07, 6.45) is 0. The van der Waals surface area contributed by atoms with Gasteiger partial charge in [-0.15, -0.1) is 0 Å². The van der Waals surface area contributed by atoms with Gasteiger partial charge in [-0.3, -0.25) is 0 Å². The summed E-state index contributed by atoms with van der Waals surface area (Å²) < 4.78 is 5.54. The minimum atomic E-state index is -1.23. The van der Waals surface area contributed by atoms with E-state index in [2.05, 4.69) is 43.9 Å². The molecule has 0 saturated heterocycles. The Morgan fingerprint density at radius 2 is 1.67 bits per heavy atom. The zero-order valence-electron chi connectivity index (χ0n) is 10.3. The van der Waals surface area contributed by atoms with Crippen LogP contribution in [0.2, 0.25) is 19.6 Å². The Morgan fingerprint density at radius 3 is 2.07 bits per heavy atom. The van der Waals surface area contributed by atoms with E-state index in [4.69, 9.17) is 4.74 Å². The molecule has 0 saturated carbocycles. The maximum absolute atomic E-state index is 5.54. The van der Waals surface area contributed by atoms with Crippen molar-refractivity contribution in [2.24, 2.45) is 0 Å². The molecule has 0 aliphatic rings. The Hall–Kier alpha value is 0.344. The number of benzene rings is 1. The fraction of sp³-hybridized carbons (Fsp3) is 0.455. The van der Waals surface area contributed by atoms with Crippen molar-refractivity contribution in [3.05, 3.63) is 30.3 Å². The van der Waals surface area contributed by atoms with Gasteiger partial charge < -0.3 is 4.74 Å². The molecular weight excluding hydrogens is 215 g/mol. The van der Waals surface area contributed by atoms with Crippen LogP contribution in [0.1, 0.15) is 0 Å². The molecule has 1 aromatic rings. The molecule has 0 N–H and O–H groups in total. The average Bonchev–Trinajstić information content (AvgIpc) is 2.14. The Kier molecular flexibility index (Phi) is 6.98. The third-order valence-electron chi connectivity index (χ3n) is 1.91. The fourth-order valence-corrected chi connectivity index (χ4v) is 4.39. The van der Waals surface area contributed by atoms with Gasteiger partial charge in [0.2, 0.25) is 0 Å². The minimum Gasteiger partial charge on any atom is -0.374 e. The first kappa shape index (κ1) is 15.3. The molecule has 4 heteroatoms. The summed E-state index contributed by atoms with van der Waals surface area (Å²) in [5, 5.41) is 0.338. The molecule has 0 spiro atoms. The summed E-state index contributed by atoms with van der Waals surface area (Å²) in [6, 6.07) is 10.5. The molecule has 0 bridgehead atoms. The second-order valence-electron chi connectivity index (χ2n) is 4.36. The van der Waals surface area contributed by atoms with Crippen molar-refractivity contribution in [2.75, 3.05) is 7.11 Å². The van der Waals surface area contributed by atoms with Gasteiger partial charge >= 0.3 is 0 Å². The van der Waals surface area contributed by atoms with Crippen molar-refractivity contribution in [3.8, 4) is 0 Å². The first-order valence-corrected chi connectivity index (χ1v) is 9.24. The summed E-state index contributed by atoms with van der Waals surface area (Å²) in [4.78, 5) is 1.29. The van der Waals surface area contributed by atoms with Crippen molar-refractivity contribution in [2.45, 2.75) is 29.6 Å². The standard InChI is InChI=1S/C11H18OSSi.Li/c1-12-11(14(2,3)4)13-10-8-6-5-7-9-10;/h5-9,11H,1-4H3;. The Bertz CT molecular complexity index is 274. The van der Waals surface area contributed by atoms with E-state index in [0.717, 1.165) is 0 Å². The van der Waals surface area contributed by atoms with Crippen LogP contribution in [0, 0.1) is 0 Å². The number of thioether (sulfide) groups is 1. The van der Waals surface area contributed by atoms with Gasteiger partial charge in [-0.05, 0) is 12.1 Å². The van der Waals surface area contributed by atoms with Gasteiger partial charge in [-0.25, -0.2) is 0 Å². The first-order valence-electron chi connectivity index (χ1n) is 4.78. The largest absolute Gasteiger partial charge is 0.374 e. The number of hydrogen-bond acceptors (Lipinski definition) is 2. The van der Waals surface area contributed by atoms with E-state index in [1.165, 1.54) is 4.90 Å². The molecule has 0 aromatic heterocycles. The average molecular weight is 233 g/mol. The molecule has 0 aliphatic heterocycles. The number of rotatable bonds is 4.